The second kappa shape index (κ2) is 3.42. The van der Waals surface area contributed by atoms with Crippen molar-refractivity contribution in [1.82, 2.24) is 9.97 Å². The van der Waals surface area contributed by atoms with E-state index in [2.05, 4.69) is 16.9 Å². The number of hydrogen-bond acceptors (Lipinski definition) is 2. The van der Waals surface area contributed by atoms with Gasteiger partial charge < -0.3 is 0 Å². The molecule has 0 N–H and O–H groups in total. The van der Waals surface area contributed by atoms with Gasteiger partial charge in [-0.1, -0.05) is 13.8 Å². The molecule has 59 valence electrons. The van der Waals surface area contributed by atoms with Crippen molar-refractivity contribution in [3.63, 3.8) is 0 Å². The second-order valence-corrected chi connectivity index (χ2v) is 2.63. The van der Waals surface area contributed by atoms with Crippen molar-refractivity contribution in [3.8, 4) is 0 Å². The van der Waals surface area contributed by atoms with Crippen LogP contribution in [0.3, 0.4) is 0 Å². The standard InChI is InChI=1S/C8H10FN2/c1-6(2)3-8-10-4-7(9)5-11-8/h4-6H,1,3H2,2H3. The average molecular weight is 153 g/mol. The molecule has 3 heteroatoms. The number of hydrogen-bond donors (Lipinski definition) is 0. The zero-order valence-corrected chi connectivity index (χ0v) is 6.42. The summed E-state index contributed by atoms with van der Waals surface area (Å²) in [6.07, 6.45) is 3.04. The summed E-state index contributed by atoms with van der Waals surface area (Å²) < 4.78 is 12.3. The Kier molecular flexibility index (Phi) is 2.52. The van der Waals surface area contributed by atoms with E-state index in [1.54, 1.807) is 0 Å². The smallest absolute Gasteiger partial charge is 0.159 e. The van der Waals surface area contributed by atoms with E-state index in [4.69, 9.17) is 0 Å². The van der Waals surface area contributed by atoms with Gasteiger partial charge in [-0.25, -0.2) is 14.4 Å². The van der Waals surface area contributed by atoms with E-state index in [-0.39, 0.29) is 5.92 Å². The molecule has 0 fully saturated rings. The van der Waals surface area contributed by atoms with Gasteiger partial charge in [0, 0.05) is 6.42 Å². The summed E-state index contributed by atoms with van der Waals surface area (Å²) >= 11 is 0. The van der Waals surface area contributed by atoms with Gasteiger partial charge in [0.1, 0.15) is 5.82 Å². The fourth-order valence-corrected chi connectivity index (χ4v) is 0.756. The second-order valence-electron chi connectivity index (χ2n) is 2.63. The van der Waals surface area contributed by atoms with E-state index < -0.39 is 5.82 Å². The molecule has 0 aliphatic heterocycles. The Morgan fingerprint density at radius 3 is 2.55 bits per heavy atom. The van der Waals surface area contributed by atoms with E-state index in [9.17, 15) is 4.39 Å². The van der Waals surface area contributed by atoms with Crippen molar-refractivity contribution < 1.29 is 4.39 Å². The third kappa shape index (κ3) is 2.62. The minimum Gasteiger partial charge on any atom is -0.238 e. The van der Waals surface area contributed by atoms with Gasteiger partial charge in [-0.15, -0.1) is 0 Å². The molecule has 1 heterocycles. The summed E-state index contributed by atoms with van der Waals surface area (Å²) in [4.78, 5) is 7.58. The fraction of sp³-hybridized carbons (Fsp3) is 0.375. The quantitative estimate of drug-likeness (QED) is 0.645. The summed E-state index contributed by atoms with van der Waals surface area (Å²) in [5, 5.41) is 0. The van der Waals surface area contributed by atoms with Crippen LogP contribution in [0.2, 0.25) is 0 Å². The molecule has 1 rings (SSSR count). The van der Waals surface area contributed by atoms with Crippen LogP contribution in [0, 0.1) is 18.7 Å². The molecule has 0 aliphatic carbocycles. The monoisotopic (exact) mass is 153 g/mol. The van der Waals surface area contributed by atoms with Gasteiger partial charge in [0.05, 0.1) is 12.4 Å². The molecule has 0 aliphatic rings. The highest BCUT2D eigenvalue weighted by Gasteiger charge is 1.99. The van der Waals surface area contributed by atoms with Crippen LogP contribution in [0.1, 0.15) is 12.7 Å². The van der Waals surface area contributed by atoms with Gasteiger partial charge in [0.15, 0.2) is 5.82 Å². The van der Waals surface area contributed by atoms with Crippen molar-refractivity contribution in [3.05, 3.63) is 31.0 Å². The van der Waals surface area contributed by atoms with E-state index in [0.717, 1.165) is 0 Å². The Hall–Kier alpha value is -0.990. The van der Waals surface area contributed by atoms with Gasteiger partial charge in [-0.2, -0.15) is 0 Å². The first-order valence-electron chi connectivity index (χ1n) is 3.48. The number of aromatic nitrogens is 2. The van der Waals surface area contributed by atoms with Crippen LogP contribution >= 0.6 is 0 Å². The molecule has 1 aromatic heterocycles. The molecule has 0 saturated heterocycles. The van der Waals surface area contributed by atoms with Crippen molar-refractivity contribution in [1.29, 1.82) is 0 Å². The summed E-state index contributed by atoms with van der Waals surface area (Å²) in [7, 11) is 0. The highest BCUT2D eigenvalue weighted by Crippen LogP contribution is 2.01. The zero-order valence-electron chi connectivity index (χ0n) is 6.42. The lowest BCUT2D eigenvalue weighted by atomic mass is 10.1. The van der Waals surface area contributed by atoms with Crippen molar-refractivity contribution in [2.45, 2.75) is 13.3 Å². The minimum absolute atomic E-state index is 0.264. The predicted octanol–water partition coefficient (Wildman–Crippen LogP) is 1.63. The van der Waals surface area contributed by atoms with Gasteiger partial charge in [-0.05, 0) is 5.92 Å². The normalized spacial score (nSPS) is 10.5. The third-order valence-electron chi connectivity index (χ3n) is 1.20. The van der Waals surface area contributed by atoms with E-state index >= 15 is 0 Å². The molecule has 0 aromatic carbocycles. The van der Waals surface area contributed by atoms with Crippen LogP contribution in [0.15, 0.2) is 12.4 Å². The molecule has 2 nitrogen and oxygen atoms in total. The fourth-order valence-electron chi connectivity index (χ4n) is 0.756. The molecule has 1 radical (unpaired) electrons. The molecule has 0 saturated carbocycles. The van der Waals surface area contributed by atoms with Crippen molar-refractivity contribution in [2.75, 3.05) is 0 Å². The van der Waals surface area contributed by atoms with Gasteiger partial charge in [0.25, 0.3) is 0 Å². The maximum Gasteiger partial charge on any atom is 0.159 e. The lowest BCUT2D eigenvalue weighted by molar-refractivity contribution is 0.600. The molecule has 1 aromatic rings. The van der Waals surface area contributed by atoms with Crippen LogP contribution < -0.4 is 0 Å². The maximum atomic E-state index is 12.3. The Morgan fingerprint density at radius 2 is 2.09 bits per heavy atom. The molecule has 1 atom stereocenters. The highest BCUT2D eigenvalue weighted by molar-refractivity contribution is 4.92. The molecular formula is C8H10FN2. The van der Waals surface area contributed by atoms with Crippen LogP contribution in [-0.2, 0) is 6.42 Å². The Bertz CT molecular complexity index is 218. The topological polar surface area (TPSA) is 25.8 Å². The van der Waals surface area contributed by atoms with E-state index in [1.165, 1.54) is 12.4 Å². The molecular weight excluding hydrogens is 143 g/mol. The summed E-state index contributed by atoms with van der Waals surface area (Å²) in [5.74, 6) is 0.514. The zero-order chi connectivity index (χ0) is 8.27. The van der Waals surface area contributed by atoms with E-state index in [0.29, 0.717) is 12.2 Å². The third-order valence-corrected chi connectivity index (χ3v) is 1.20. The van der Waals surface area contributed by atoms with Crippen LogP contribution in [-0.4, -0.2) is 9.97 Å². The molecule has 0 bridgehead atoms. The first-order chi connectivity index (χ1) is 5.18. The van der Waals surface area contributed by atoms with Gasteiger partial charge >= 0.3 is 0 Å². The predicted molar refractivity (Wildman–Crippen MR) is 40.2 cm³/mol. The molecule has 1 unspecified atom stereocenters. The summed E-state index contributed by atoms with van der Waals surface area (Å²) in [5.41, 5.74) is 0. The Balaban J connectivity index is 2.66. The van der Waals surface area contributed by atoms with Crippen LogP contribution in [0.25, 0.3) is 0 Å². The maximum absolute atomic E-state index is 12.3. The summed E-state index contributed by atoms with van der Waals surface area (Å²) in [6.45, 7) is 5.75. The van der Waals surface area contributed by atoms with Gasteiger partial charge in [-0.3, -0.25) is 0 Å². The first-order valence-corrected chi connectivity index (χ1v) is 3.48. The number of halogens is 1. The lowest BCUT2D eigenvalue weighted by Crippen LogP contribution is -2.00. The first kappa shape index (κ1) is 8.11. The minimum atomic E-state index is -0.398. The highest BCUT2D eigenvalue weighted by atomic mass is 19.1. The number of nitrogens with zero attached hydrogens (tertiary/aromatic N) is 2. The molecule has 11 heavy (non-hydrogen) atoms. The van der Waals surface area contributed by atoms with Crippen LogP contribution in [0.5, 0.6) is 0 Å². The van der Waals surface area contributed by atoms with Crippen molar-refractivity contribution >= 4 is 0 Å². The SMILES string of the molecule is [CH2]C(C)Cc1ncc(F)cn1. The summed E-state index contributed by atoms with van der Waals surface area (Å²) in [6, 6.07) is 0. The van der Waals surface area contributed by atoms with Crippen LogP contribution in [0.4, 0.5) is 4.39 Å². The molecule has 0 spiro atoms. The average Bonchev–Trinajstić information content (AvgIpc) is 1.93. The Morgan fingerprint density at radius 1 is 1.55 bits per heavy atom. The molecule has 0 amide bonds. The Labute approximate surface area is 65.5 Å². The van der Waals surface area contributed by atoms with E-state index in [1.807, 2.05) is 6.92 Å². The largest absolute Gasteiger partial charge is 0.238 e. The van der Waals surface area contributed by atoms with Gasteiger partial charge in [0.2, 0.25) is 0 Å². The van der Waals surface area contributed by atoms with Crippen molar-refractivity contribution in [2.24, 2.45) is 5.92 Å². The lowest BCUT2D eigenvalue weighted by Gasteiger charge is -2.00. The number of rotatable bonds is 2.